The highest BCUT2D eigenvalue weighted by molar-refractivity contribution is 6.30. The second-order valence-corrected chi connectivity index (χ2v) is 9.94. The molecular weight excluding hydrogens is 544 g/mol. The smallest absolute Gasteiger partial charge is 0.247 e. The minimum Gasteiger partial charge on any atom is -0.491 e. The average Bonchev–Trinajstić information content (AvgIpc) is 3.71. The van der Waals surface area contributed by atoms with Crippen LogP contribution in [0.25, 0.3) is 11.8 Å². The molecule has 0 bridgehead atoms. The molecule has 41 heavy (non-hydrogen) atoms. The van der Waals surface area contributed by atoms with Crippen LogP contribution in [-0.2, 0) is 20.7 Å². The summed E-state index contributed by atoms with van der Waals surface area (Å²) in [6.45, 7) is 1.27. The highest BCUT2D eigenvalue weighted by Gasteiger charge is 2.21. The number of carbonyl (C=O) groups is 2. The lowest BCUT2D eigenvalue weighted by atomic mass is 10.0. The lowest BCUT2D eigenvalue weighted by Crippen LogP contribution is -2.44. The van der Waals surface area contributed by atoms with Gasteiger partial charge in [-0.05, 0) is 77.4 Å². The Hall–Kier alpha value is -4.54. The third-order valence-electron chi connectivity index (χ3n) is 6.50. The molecule has 2 amide bonds. The minimum absolute atomic E-state index is 0.121. The monoisotopic (exact) mass is 572 g/mol. The number of amides is 2. The number of rotatable bonds is 11. The van der Waals surface area contributed by atoms with Gasteiger partial charge in [0.15, 0.2) is 0 Å². The molecule has 2 heterocycles. The number of nitrogens with zero attached hydrogens (tertiary/aromatic N) is 4. The van der Waals surface area contributed by atoms with Crippen LogP contribution in [0.4, 0.5) is 5.69 Å². The van der Waals surface area contributed by atoms with E-state index in [4.69, 9.17) is 21.1 Å². The van der Waals surface area contributed by atoms with E-state index in [1.54, 1.807) is 48.5 Å². The van der Waals surface area contributed by atoms with E-state index < -0.39 is 11.9 Å². The standard InChI is InChI=1S/C30H29ClN6O4/c31-23-9-14-28(37-20-32-35-36-37)22(18-23)8-15-29(38)34-27(17-21-5-2-1-3-6-21)30(39)33-24-10-12-25(13-11-24)41-19-26-7-4-16-40-26/h1-3,5-6,8-15,18,20,26-27H,4,7,16-17,19H2,(H,33,39)(H,34,38)/t26?,27-/m0/s1. The van der Waals surface area contributed by atoms with Crippen molar-refractivity contribution in [2.45, 2.75) is 31.4 Å². The first kappa shape index (κ1) is 28.0. The summed E-state index contributed by atoms with van der Waals surface area (Å²) < 4.78 is 12.9. The number of anilines is 1. The zero-order chi connectivity index (χ0) is 28.4. The number of tetrazole rings is 1. The molecule has 1 aromatic heterocycles. The summed E-state index contributed by atoms with van der Waals surface area (Å²) in [5, 5.41) is 17.5. The number of nitrogens with one attached hydrogen (secondary N) is 2. The van der Waals surface area contributed by atoms with E-state index in [1.807, 2.05) is 30.3 Å². The highest BCUT2D eigenvalue weighted by atomic mass is 35.5. The fraction of sp³-hybridized carbons (Fsp3) is 0.233. The Morgan fingerprint density at radius 3 is 2.68 bits per heavy atom. The Kier molecular flexibility index (Phi) is 9.35. The molecule has 4 aromatic rings. The molecule has 0 aliphatic carbocycles. The second kappa shape index (κ2) is 13.7. The molecule has 3 aromatic carbocycles. The Bertz CT molecular complexity index is 1470. The first-order valence-electron chi connectivity index (χ1n) is 13.2. The zero-order valence-electron chi connectivity index (χ0n) is 22.2. The quantitative estimate of drug-likeness (QED) is 0.258. The van der Waals surface area contributed by atoms with Crippen LogP contribution in [0.2, 0.25) is 5.02 Å². The van der Waals surface area contributed by atoms with Crippen LogP contribution in [-0.4, -0.2) is 57.4 Å². The van der Waals surface area contributed by atoms with Gasteiger partial charge >= 0.3 is 0 Å². The molecule has 1 fully saturated rings. The fourth-order valence-corrected chi connectivity index (χ4v) is 4.59. The lowest BCUT2D eigenvalue weighted by Gasteiger charge is -2.18. The van der Waals surface area contributed by atoms with E-state index in [0.717, 1.165) is 25.0 Å². The van der Waals surface area contributed by atoms with Crippen LogP contribution < -0.4 is 15.4 Å². The van der Waals surface area contributed by atoms with Crippen LogP contribution in [0.1, 0.15) is 24.0 Å². The Balaban J connectivity index is 1.26. The van der Waals surface area contributed by atoms with Crippen molar-refractivity contribution in [3.05, 3.63) is 101 Å². The molecule has 0 radical (unpaired) electrons. The molecule has 2 atom stereocenters. The summed E-state index contributed by atoms with van der Waals surface area (Å²) in [6, 6.07) is 21.0. The Morgan fingerprint density at radius 1 is 1.12 bits per heavy atom. The van der Waals surface area contributed by atoms with E-state index in [0.29, 0.717) is 40.7 Å². The molecule has 1 saturated heterocycles. The molecular formula is C30H29ClN6O4. The molecule has 210 valence electrons. The molecule has 1 aliphatic rings. The SMILES string of the molecule is O=C(C=Cc1cc(Cl)ccc1-n1cnnn1)N[C@@H](Cc1ccccc1)C(=O)Nc1ccc(OCC2CCCO2)cc1. The summed E-state index contributed by atoms with van der Waals surface area (Å²) in [4.78, 5) is 26.3. The highest BCUT2D eigenvalue weighted by Crippen LogP contribution is 2.21. The van der Waals surface area contributed by atoms with Gasteiger partial charge in [0.05, 0.1) is 11.8 Å². The van der Waals surface area contributed by atoms with Gasteiger partial charge in [0.25, 0.3) is 0 Å². The normalized spacial score (nSPS) is 15.5. The van der Waals surface area contributed by atoms with Crippen molar-refractivity contribution in [3.63, 3.8) is 0 Å². The number of halogens is 1. The van der Waals surface area contributed by atoms with E-state index in [1.165, 1.54) is 17.1 Å². The van der Waals surface area contributed by atoms with Gasteiger partial charge in [0.1, 0.15) is 24.7 Å². The van der Waals surface area contributed by atoms with E-state index in [-0.39, 0.29) is 12.0 Å². The minimum atomic E-state index is -0.830. The van der Waals surface area contributed by atoms with Gasteiger partial charge in [-0.15, -0.1) is 5.10 Å². The first-order chi connectivity index (χ1) is 20.0. The third-order valence-corrected chi connectivity index (χ3v) is 6.73. The number of aromatic nitrogens is 4. The Morgan fingerprint density at radius 2 is 1.95 bits per heavy atom. The predicted octanol–water partition coefficient (Wildman–Crippen LogP) is 4.25. The fourth-order valence-electron chi connectivity index (χ4n) is 4.41. The zero-order valence-corrected chi connectivity index (χ0v) is 22.9. The maximum absolute atomic E-state index is 13.3. The number of hydrogen-bond acceptors (Lipinski definition) is 7. The van der Waals surface area contributed by atoms with Crippen LogP contribution in [0, 0.1) is 0 Å². The largest absolute Gasteiger partial charge is 0.491 e. The number of carbonyl (C=O) groups excluding carboxylic acids is 2. The lowest BCUT2D eigenvalue weighted by molar-refractivity contribution is -0.123. The van der Waals surface area contributed by atoms with Gasteiger partial charge in [0.2, 0.25) is 11.8 Å². The molecule has 0 saturated carbocycles. The van der Waals surface area contributed by atoms with Crippen molar-refractivity contribution >= 4 is 35.2 Å². The molecule has 5 rings (SSSR count). The molecule has 2 N–H and O–H groups in total. The van der Waals surface area contributed by atoms with Gasteiger partial charge in [0, 0.05) is 35.4 Å². The maximum Gasteiger partial charge on any atom is 0.247 e. The second-order valence-electron chi connectivity index (χ2n) is 9.50. The van der Waals surface area contributed by atoms with Crippen molar-refractivity contribution in [3.8, 4) is 11.4 Å². The number of benzene rings is 3. The topological polar surface area (TPSA) is 120 Å². The van der Waals surface area contributed by atoms with Crippen molar-refractivity contribution in [2.24, 2.45) is 0 Å². The Labute approximate surface area is 242 Å². The predicted molar refractivity (Wildman–Crippen MR) is 155 cm³/mol. The number of hydrogen-bond donors (Lipinski definition) is 2. The van der Waals surface area contributed by atoms with Gasteiger partial charge < -0.3 is 20.1 Å². The van der Waals surface area contributed by atoms with Gasteiger partial charge in [-0.3, -0.25) is 9.59 Å². The summed E-state index contributed by atoms with van der Waals surface area (Å²) in [7, 11) is 0. The van der Waals surface area contributed by atoms with Crippen molar-refractivity contribution in [2.75, 3.05) is 18.5 Å². The summed E-state index contributed by atoms with van der Waals surface area (Å²) >= 11 is 6.18. The van der Waals surface area contributed by atoms with E-state index >= 15 is 0 Å². The van der Waals surface area contributed by atoms with Crippen molar-refractivity contribution in [1.82, 2.24) is 25.5 Å². The van der Waals surface area contributed by atoms with Crippen LogP contribution in [0.5, 0.6) is 5.75 Å². The van der Waals surface area contributed by atoms with Crippen LogP contribution >= 0.6 is 11.6 Å². The average molecular weight is 573 g/mol. The maximum atomic E-state index is 13.3. The first-order valence-corrected chi connectivity index (χ1v) is 13.6. The third kappa shape index (κ3) is 8.00. The van der Waals surface area contributed by atoms with Crippen LogP contribution in [0.15, 0.2) is 85.2 Å². The van der Waals surface area contributed by atoms with Gasteiger partial charge in [-0.2, -0.15) is 4.68 Å². The molecule has 1 unspecified atom stereocenters. The summed E-state index contributed by atoms with van der Waals surface area (Å²) in [5.74, 6) is -0.0952. The molecule has 1 aliphatic heterocycles. The summed E-state index contributed by atoms with van der Waals surface area (Å²) in [5.41, 5.74) is 2.77. The van der Waals surface area contributed by atoms with Crippen molar-refractivity contribution in [1.29, 1.82) is 0 Å². The van der Waals surface area contributed by atoms with Gasteiger partial charge in [-0.1, -0.05) is 41.9 Å². The van der Waals surface area contributed by atoms with E-state index in [9.17, 15) is 9.59 Å². The van der Waals surface area contributed by atoms with Crippen LogP contribution in [0.3, 0.4) is 0 Å². The molecule has 10 nitrogen and oxygen atoms in total. The molecule has 11 heteroatoms. The summed E-state index contributed by atoms with van der Waals surface area (Å²) in [6.07, 6.45) is 6.88. The van der Waals surface area contributed by atoms with Crippen molar-refractivity contribution < 1.29 is 19.1 Å². The molecule has 0 spiro atoms. The number of ether oxygens (including phenoxy) is 2. The van der Waals surface area contributed by atoms with Gasteiger partial charge in [-0.25, -0.2) is 0 Å². The van der Waals surface area contributed by atoms with E-state index in [2.05, 4.69) is 26.2 Å².